The number of carboxylic acids is 1. The van der Waals surface area contributed by atoms with Gasteiger partial charge in [0.2, 0.25) is 0 Å². The van der Waals surface area contributed by atoms with Crippen LogP contribution in [0.5, 0.6) is 0 Å². The van der Waals surface area contributed by atoms with Crippen molar-refractivity contribution in [2.45, 2.75) is 76.8 Å². The van der Waals surface area contributed by atoms with Gasteiger partial charge in [-0.3, -0.25) is 4.79 Å². The molecule has 0 aromatic heterocycles. The lowest BCUT2D eigenvalue weighted by Gasteiger charge is -2.23. The molecule has 1 saturated heterocycles. The van der Waals surface area contributed by atoms with Crippen molar-refractivity contribution in [3.63, 3.8) is 0 Å². The Morgan fingerprint density at radius 3 is 2.58 bits per heavy atom. The van der Waals surface area contributed by atoms with E-state index in [9.17, 15) is 19.4 Å². The lowest BCUT2D eigenvalue weighted by molar-refractivity contribution is -0.161. The van der Waals surface area contributed by atoms with Crippen LogP contribution >= 0.6 is 0 Å². The van der Waals surface area contributed by atoms with Crippen molar-refractivity contribution in [1.82, 2.24) is 0 Å². The maximum Gasteiger partial charge on any atom is 0.305 e. The molecule has 1 aliphatic heterocycles. The Morgan fingerprint density at radius 2 is 1.94 bits per heavy atom. The molecule has 1 heterocycles. The van der Waals surface area contributed by atoms with Gasteiger partial charge in [-0.2, -0.15) is 0 Å². The van der Waals surface area contributed by atoms with E-state index in [0.717, 1.165) is 53.7 Å². The highest BCUT2D eigenvalue weighted by Gasteiger charge is 2.17. The van der Waals surface area contributed by atoms with Crippen LogP contribution in [-0.2, 0) is 20.7 Å². The van der Waals surface area contributed by atoms with Crippen molar-refractivity contribution in [1.29, 1.82) is 0 Å². The first-order valence-electron chi connectivity index (χ1n) is 12.6. The third-order valence-corrected chi connectivity index (χ3v) is 6.29. The molecule has 7 heteroatoms. The van der Waals surface area contributed by atoms with Gasteiger partial charge in [0.25, 0.3) is 0 Å². The normalized spacial score (nSPS) is 18.0. The first-order valence-corrected chi connectivity index (χ1v) is 12.6. The molecule has 0 spiro atoms. The Morgan fingerprint density at radius 1 is 1.19 bits per heavy atom. The van der Waals surface area contributed by atoms with Gasteiger partial charge in [-0.1, -0.05) is 50.3 Å². The van der Waals surface area contributed by atoms with E-state index in [2.05, 4.69) is 26.0 Å². The summed E-state index contributed by atoms with van der Waals surface area (Å²) in [4.78, 5) is 10.8. The highest BCUT2D eigenvalue weighted by Crippen LogP contribution is 2.34. The van der Waals surface area contributed by atoms with Gasteiger partial charge in [0.15, 0.2) is 6.29 Å². The molecule has 2 aromatic rings. The monoisotopic (exact) mass is 500 g/mol. The number of carboxylic acid groups (broad SMARTS) is 1. The summed E-state index contributed by atoms with van der Waals surface area (Å²) in [5.41, 5.74) is 4.79. The van der Waals surface area contributed by atoms with Gasteiger partial charge in [0.05, 0.1) is 25.2 Å². The molecule has 0 bridgehead atoms. The Bertz CT molecular complexity index is 1010. The van der Waals surface area contributed by atoms with Crippen LogP contribution < -0.4 is 0 Å². The summed E-state index contributed by atoms with van der Waals surface area (Å²) in [6.45, 7) is 5.44. The molecule has 3 N–H and O–H groups in total. The second-order valence-electron chi connectivity index (χ2n) is 9.64. The predicted molar refractivity (Wildman–Crippen MR) is 137 cm³/mol. The minimum Gasteiger partial charge on any atom is -0.481 e. The lowest BCUT2D eigenvalue weighted by Crippen LogP contribution is -2.23. The fourth-order valence-electron chi connectivity index (χ4n) is 4.41. The molecule has 2 aromatic carbocycles. The van der Waals surface area contributed by atoms with Crippen molar-refractivity contribution in [2.24, 2.45) is 0 Å². The van der Waals surface area contributed by atoms with Crippen LogP contribution in [0.4, 0.5) is 4.39 Å². The van der Waals surface area contributed by atoms with Gasteiger partial charge in [-0.05, 0) is 71.6 Å². The SMILES string of the molecule is CC(C)c1cc(CCOC2CCCCO2)cc(-c2ccc(F)cc2)c1/C=C/C(O)CC(O)CC(=O)O. The number of aliphatic hydroxyl groups is 2. The smallest absolute Gasteiger partial charge is 0.305 e. The Kier molecular flexibility index (Phi) is 10.6. The number of hydrogen-bond acceptors (Lipinski definition) is 5. The molecule has 0 saturated carbocycles. The molecule has 196 valence electrons. The van der Waals surface area contributed by atoms with Crippen LogP contribution in [0.15, 0.2) is 42.5 Å². The fourth-order valence-corrected chi connectivity index (χ4v) is 4.41. The largest absolute Gasteiger partial charge is 0.481 e. The van der Waals surface area contributed by atoms with Crippen LogP contribution in [0.3, 0.4) is 0 Å². The molecule has 0 radical (unpaired) electrons. The lowest BCUT2D eigenvalue weighted by atomic mass is 9.87. The summed E-state index contributed by atoms with van der Waals surface area (Å²) < 4.78 is 25.3. The second kappa shape index (κ2) is 13.7. The summed E-state index contributed by atoms with van der Waals surface area (Å²) in [7, 11) is 0. The fraction of sp³-hybridized carbons (Fsp3) is 0.483. The molecule has 1 fully saturated rings. The topological polar surface area (TPSA) is 96.2 Å². The molecule has 3 unspecified atom stereocenters. The van der Waals surface area contributed by atoms with E-state index in [1.165, 1.54) is 12.1 Å². The number of halogens is 1. The molecule has 0 aliphatic carbocycles. The van der Waals surface area contributed by atoms with Gasteiger partial charge in [0, 0.05) is 13.0 Å². The van der Waals surface area contributed by atoms with Gasteiger partial charge in [-0.15, -0.1) is 0 Å². The molecule has 3 atom stereocenters. The molecule has 0 amide bonds. The van der Waals surface area contributed by atoms with Crippen LogP contribution in [0.2, 0.25) is 0 Å². The zero-order chi connectivity index (χ0) is 26.1. The summed E-state index contributed by atoms with van der Waals surface area (Å²) >= 11 is 0. The van der Waals surface area contributed by atoms with Crippen LogP contribution in [0.25, 0.3) is 17.2 Å². The van der Waals surface area contributed by atoms with Crippen molar-refractivity contribution >= 4 is 12.0 Å². The third kappa shape index (κ3) is 8.52. The zero-order valence-corrected chi connectivity index (χ0v) is 21.0. The van der Waals surface area contributed by atoms with Crippen molar-refractivity contribution in [3.05, 3.63) is 65.0 Å². The zero-order valence-electron chi connectivity index (χ0n) is 21.0. The predicted octanol–water partition coefficient (Wildman–Crippen LogP) is 5.30. The first-order chi connectivity index (χ1) is 17.2. The molecular weight excluding hydrogens is 463 g/mol. The number of carbonyl (C=O) groups is 1. The van der Waals surface area contributed by atoms with Crippen LogP contribution in [0, 0.1) is 5.82 Å². The minimum atomic E-state index is -1.14. The van der Waals surface area contributed by atoms with Crippen molar-refractivity contribution in [2.75, 3.05) is 13.2 Å². The van der Waals surface area contributed by atoms with E-state index >= 15 is 0 Å². The quantitative estimate of drug-likeness (QED) is 0.366. The highest BCUT2D eigenvalue weighted by molar-refractivity contribution is 5.78. The molecule has 36 heavy (non-hydrogen) atoms. The van der Waals surface area contributed by atoms with E-state index in [1.807, 2.05) is 6.08 Å². The van der Waals surface area contributed by atoms with E-state index < -0.39 is 24.6 Å². The number of aliphatic hydroxyl groups excluding tert-OH is 2. The summed E-state index contributed by atoms with van der Waals surface area (Å²) in [5.74, 6) is -1.27. The number of hydrogen-bond donors (Lipinski definition) is 3. The number of benzene rings is 2. The van der Waals surface area contributed by atoms with Gasteiger partial charge in [-0.25, -0.2) is 4.39 Å². The average Bonchev–Trinajstić information content (AvgIpc) is 2.83. The number of ether oxygens (including phenoxy) is 2. The summed E-state index contributed by atoms with van der Waals surface area (Å²) in [6, 6.07) is 10.5. The Balaban J connectivity index is 1.88. The third-order valence-electron chi connectivity index (χ3n) is 6.29. The minimum absolute atomic E-state index is 0.0790. The summed E-state index contributed by atoms with van der Waals surface area (Å²) in [5, 5.41) is 29.1. The average molecular weight is 501 g/mol. The number of rotatable bonds is 12. The first kappa shape index (κ1) is 28.0. The Labute approximate surface area is 212 Å². The maximum atomic E-state index is 13.7. The summed E-state index contributed by atoms with van der Waals surface area (Å²) in [6.07, 6.45) is 4.36. The van der Waals surface area contributed by atoms with E-state index in [4.69, 9.17) is 14.6 Å². The molecule has 6 nitrogen and oxygen atoms in total. The Hall–Kier alpha value is -2.58. The van der Waals surface area contributed by atoms with Gasteiger partial charge >= 0.3 is 5.97 Å². The standard InChI is InChI=1S/C29H37FO6/c1-19(2)26-15-20(12-14-36-29-5-3-4-13-35-29)16-27(21-6-8-22(30)9-7-21)25(26)11-10-23(31)17-24(32)18-28(33)34/h6-11,15-16,19,23-24,29,31-32H,3-5,12-14,17-18H2,1-2H3,(H,33,34)/b11-10+. The van der Waals surface area contributed by atoms with Crippen molar-refractivity contribution in [3.8, 4) is 11.1 Å². The number of aliphatic carboxylic acids is 1. The second-order valence-corrected chi connectivity index (χ2v) is 9.64. The van der Waals surface area contributed by atoms with Crippen LogP contribution in [0.1, 0.15) is 68.6 Å². The van der Waals surface area contributed by atoms with Crippen molar-refractivity contribution < 1.29 is 34.0 Å². The van der Waals surface area contributed by atoms with Gasteiger partial charge < -0.3 is 24.8 Å². The molecule has 1 aliphatic rings. The maximum absolute atomic E-state index is 13.7. The highest BCUT2D eigenvalue weighted by atomic mass is 19.1. The van der Waals surface area contributed by atoms with E-state index in [0.29, 0.717) is 13.0 Å². The molecular formula is C29H37FO6. The van der Waals surface area contributed by atoms with E-state index in [-0.39, 0.29) is 24.4 Å². The van der Waals surface area contributed by atoms with Crippen LogP contribution in [-0.4, -0.2) is 53.0 Å². The van der Waals surface area contributed by atoms with E-state index in [1.54, 1.807) is 18.2 Å². The molecule has 3 rings (SSSR count). The van der Waals surface area contributed by atoms with Gasteiger partial charge in [0.1, 0.15) is 5.82 Å².